The molecule has 0 atom stereocenters. The maximum Gasteiger partial charge on any atom is 0.321 e. The number of benzene rings is 1. The molecule has 1 rings (SSSR count). The molecule has 0 aliphatic carbocycles. The molecule has 0 saturated carbocycles. The third kappa shape index (κ3) is 7.24. The van der Waals surface area contributed by atoms with Gasteiger partial charge in [-0.3, -0.25) is 4.79 Å². The Morgan fingerprint density at radius 2 is 1.95 bits per heavy atom. The number of sulfone groups is 1. The Morgan fingerprint density at radius 3 is 2.62 bits per heavy atom. The summed E-state index contributed by atoms with van der Waals surface area (Å²) in [4.78, 5) is 11.5. The van der Waals surface area contributed by atoms with Crippen LogP contribution in [0.25, 0.3) is 0 Å². The number of rotatable bonds is 9. The molecule has 0 heterocycles. The zero-order valence-corrected chi connectivity index (χ0v) is 13.1. The van der Waals surface area contributed by atoms with Gasteiger partial charge in [0.2, 0.25) is 0 Å². The first-order valence-corrected chi connectivity index (χ1v) is 8.83. The fourth-order valence-electron chi connectivity index (χ4n) is 1.88. The lowest BCUT2D eigenvalue weighted by Crippen LogP contribution is -2.20. The van der Waals surface area contributed by atoms with E-state index in [0.717, 1.165) is 19.3 Å². The lowest BCUT2D eigenvalue weighted by Gasteiger charge is -2.07. The zero-order valence-electron chi connectivity index (χ0n) is 12.2. The number of hydrogen-bond donors (Lipinski definition) is 1. The predicted octanol–water partition coefficient (Wildman–Crippen LogP) is 1.83. The van der Waals surface area contributed by atoms with Gasteiger partial charge in [0.25, 0.3) is 0 Å². The Balaban J connectivity index is 2.51. The molecule has 0 aliphatic heterocycles. The zero-order chi connectivity index (χ0) is 15.7. The molecule has 0 fully saturated rings. The van der Waals surface area contributed by atoms with E-state index < -0.39 is 21.6 Å². The molecule has 118 valence electrons. The maximum absolute atomic E-state index is 11.9. The van der Waals surface area contributed by atoms with Crippen molar-refractivity contribution in [3.05, 3.63) is 35.4 Å². The van der Waals surface area contributed by atoms with E-state index >= 15 is 0 Å². The molecule has 0 unspecified atom stereocenters. The van der Waals surface area contributed by atoms with Crippen molar-refractivity contribution < 1.29 is 23.1 Å². The number of aliphatic hydroxyl groups is 1. The van der Waals surface area contributed by atoms with Crippen LogP contribution in [-0.4, -0.2) is 31.9 Å². The van der Waals surface area contributed by atoms with E-state index in [4.69, 9.17) is 9.84 Å². The number of hydrogen-bond acceptors (Lipinski definition) is 5. The number of carbonyl (C=O) groups is 1. The quantitative estimate of drug-likeness (QED) is 0.555. The van der Waals surface area contributed by atoms with Crippen LogP contribution in [-0.2, 0) is 31.7 Å². The van der Waals surface area contributed by atoms with Gasteiger partial charge < -0.3 is 9.84 Å². The molecule has 0 aromatic heterocycles. The van der Waals surface area contributed by atoms with Gasteiger partial charge in [0, 0.05) is 0 Å². The van der Waals surface area contributed by atoms with E-state index in [1.807, 2.05) is 6.92 Å². The largest absolute Gasteiger partial charge is 0.465 e. The van der Waals surface area contributed by atoms with Crippen LogP contribution >= 0.6 is 0 Å². The number of aliphatic hydroxyl groups excluding tert-OH is 1. The maximum atomic E-state index is 11.9. The first kappa shape index (κ1) is 17.7. The van der Waals surface area contributed by atoms with Gasteiger partial charge in [-0.1, -0.05) is 44.0 Å². The van der Waals surface area contributed by atoms with Crippen molar-refractivity contribution in [3.8, 4) is 0 Å². The van der Waals surface area contributed by atoms with Gasteiger partial charge in [-0.2, -0.15) is 0 Å². The minimum atomic E-state index is -3.56. The summed E-state index contributed by atoms with van der Waals surface area (Å²) < 4.78 is 28.8. The smallest absolute Gasteiger partial charge is 0.321 e. The second kappa shape index (κ2) is 8.79. The third-order valence-electron chi connectivity index (χ3n) is 2.91. The molecule has 0 aliphatic rings. The molecule has 1 aromatic carbocycles. The molecule has 1 N–H and O–H groups in total. The van der Waals surface area contributed by atoms with Gasteiger partial charge in [0.05, 0.1) is 19.0 Å². The highest BCUT2D eigenvalue weighted by Crippen LogP contribution is 2.10. The highest BCUT2D eigenvalue weighted by Gasteiger charge is 2.18. The summed E-state index contributed by atoms with van der Waals surface area (Å²) >= 11 is 0. The summed E-state index contributed by atoms with van der Waals surface area (Å²) in [6, 6.07) is 6.66. The van der Waals surface area contributed by atoms with Gasteiger partial charge >= 0.3 is 5.97 Å². The first-order chi connectivity index (χ1) is 9.96. The average Bonchev–Trinajstić information content (AvgIpc) is 2.42. The van der Waals surface area contributed by atoms with Gasteiger partial charge in [-0.25, -0.2) is 8.42 Å². The first-order valence-electron chi connectivity index (χ1n) is 7.01. The molecule has 0 spiro atoms. The molecule has 6 heteroatoms. The van der Waals surface area contributed by atoms with E-state index in [0.29, 0.717) is 11.1 Å². The Hall–Kier alpha value is -1.40. The Labute approximate surface area is 125 Å². The molecule has 0 saturated heterocycles. The monoisotopic (exact) mass is 314 g/mol. The predicted molar refractivity (Wildman–Crippen MR) is 80.3 cm³/mol. The number of carbonyl (C=O) groups excluding carboxylic acids is 1. The van der Waals surface area contributed by atoms with E-state index in [-0.39, 0.29) is 19.0 Å². The lowest BCUT2D eigenvalue weighted by molar-refractivity contribution is -0.140. The van der Waals surface area contributed by atoms with Crippen molar-refractivity contribution in [3.63, 3.8) is 0 Å². The standard InChI is InChI=1S/C15H22O5S/c1-2-3-4-8-20-15(17)12-21(18,19)11-14-7-5-6-13(9-14)10-16/h5-7,9,16H,2-4,8,10-12H2,1H3. The minimum absolute atomic E-state index is 0.145. The highest BCUT2D eigenvalue weighted by molar-refractivity contribution is 7.91. The van der Waals surface area contributed by atoms with E-state index in [2.05, 4.69) is 0 Å². The fraction of sp³-hybridized carbons (Fsp3) is 0.533. The van der Waals surface area contributed by atoms with Crippen LogP contribution in [0.15, 0.2) is 24.3 Å². The molecular formula is C15H22O5S. The van der Waals surface area contributed by atoms with Crippen molar-refractivity contribution in [2.45, 2.75) is 38.5 Å². The number of ether oxygens (including phenoxy) is 1. The molecule has 0 radical (unpaired) electrons. The molecule has 1 aromatic rings. The summed E-state index contributed by atoms with van der Waals surface area (Å²) in [5.41, 5.74) is 1.20. The lowest BCUT2D eigenvalue weighted by atomic mass is 10.1. The second-order valence-corrected chi connectivity index (χ2v) is 7.00. The highest BCUT2D eigenvalue weighted by atomic mass is 32.2. The summed E-state index contributed by atoms with van der Waals surface area (Å²) in [6.45, 7) is 2.16. The summed E-state index contributed by atoms with van der Waals surface area (Å²) in [6.07, 6.45) is 2.71. The molecule has 0 amide bonds. The molecule has 21 heavy (non-hydrogen) atoms. The Bertz CT molecular complexity index is 551. The van der Waals surface area contributed by atoms with Crippen molar-refractivity contribution in [2.75, 3.05) is 12.4 Å². The van der Waals surface area contributed by atoms with Crippen molar-refractivity contribution >= 4 is 15.8 Å². The second-order valence-electron chi connectivity index (χ2n) is 4.94. The third-order valence-corrected chi connectivity index (χ3v) is 4.36. The van der Waals surface area contributed by atoms with Crippen LogP contribution < -0.4 is 0 Å². The topological polar surface area (TPSA) is 80.7 Å². The van der Waals surface area contributed by atoms with Crippen LogP contribution in [0.3, 0.4) is 0 Å². The van der Waals surface area contributed by atoms with Crippen LogP contribution in [0, 0.1) is 0 Å². The molecule has 0 bridgehead atoms. The van der Waals surface area contributed by atoms with Gasteiger partial charge in [-0.05, 0) is 17.5 Å². The van der Waals surface area contributed by atoms with E-state index in [1.165, 1.54) is 0 Å². The van der Waals surface area contributed by atoms with E-state index in [9.17, 15) is 13.2 Å². The van der Waals surface area contributed by atoms with Gasteiger partial charge in [0.1, 0.15) is 5.75 Å². The fourth-order valence-corrected chi connectivity index (χ4v) is 3.11. The van der Waals surface area contributed by atoms with Crippen LogP contribution in [0.4, 0.5) is 0 Å². The van der Waals surface area contributed by atoms with E-state index in [1.54, 1.807) is 24.3 Å². The van der Waals surface area contributed by atoms with Crippen LogP contribution in [0.2, 0.25) is 0 Å². The van der Waals surface area contributed by atoms with Crippen LogP contribution in [0.5, 0.6) is 0 Å². The minimum Gasteiger partial charge on any atom is -0.465 e. The molecular weight excluding hydrogens is 292 g/mol. The summed E-state index contributed by atoms with van der Waals surface area (Å²) in [5, 5.41) is 9.02. The summed E-state index contributed by atoms with van der Waals surface area (Å²) in [5.74, 6) is -1.54. The average molecular weight is 314 g/mol. The van der Waals surface area contributed by atoms with Crippen molar-refractivity contribution in [1.29, 1.82) is 0 Å². The number of unbranched alkanes of at least 4 members (excludes halogenated alkanes) is 2. The van der Waals surface area contributed by atoms with Gasteiger partial charge in [0.15, 0.2) is 9.84 Å². The Kier molecular flexibility index (Phi) is 7.39. The molecule has 5 nitrogen and oxygen atoms in total. The van der Waals surface area contributed by atoms with Crippen LogP contribution in [0.1, 0.15) is 37.3 Å². The van der Waals surface area contributed by atoms with Crippen molar-refractivity contribution in [2.24, 2.45) is 0 Å². The summed E-state index contributed by atoms with van der Waals surface area (Å²) in [7, 11) is -3.56. The van der Waals surface area contributed by atoms with Crippen molar-refractivity contribution in [1.82, 2.24) is 0 Å². The normalized spacial score (nSPS) is 11.3. The number of esters is 1. The SMILES string of the molecule is CCCCCOC(=O)CS(=O)(=O)Cc1cccc(CO)c1. The Morgan fingerprint density at radius 1 is 1.24 bits per heavy atom. The van der Waals surface area contributed by atoms with Gasteiger partial charge in [-0.15, -0.1) is 0 Å².